The lowest BCUT2D eigenvalue weighted by molar-refractivity contribution is -0.316. The number of ether oxygens (including phenoxy) is 4. The van der Waals surface area contributed by atoms with Crippen LogP contribution in [0.3, 0.4) is 0 Å². The molecule has 46 heavy (non-hydrogen) atoms. The van der Waals surface area contributed by atoms with E-state index in [2.05, 4.69) is 34.6 Å². The fourth-order valence-electron chi connectivity index (χ4n) is 13.9. The smallest absolute Gasteiger partial charge is 0.198 e. The normalized spacial score (nSPS) is 65.0. The maximum absolute atomic E-state index is 12.4. The molecule has 0 amide bonds. The quantitative estimate of drug-likeness (QED) is 0.212. The first kappa shape index (κ1) is 32.7. The van der Waals surface area contributed by atoms with Gasteiger partial charge in [-0.1, -0.05) is 34.6 Å². The van der Waals surface area contributed by atoms with E-state index >= 15 is 0 Å². The van der Waals surface area contributed by atoms with Crippen molar-refractivity contribution in [1.82, 2.24) is 0 Å². The lowest BCUT2D eigenvalue weighted by Crippen LogP contribution is -2.66. The monoisotopic (exact) mass is 652 g/mol. The highest BCUT2D eigenvalue weighted by molar-refractivity contribution is 5.34. The van der Waals surface area contributed by atoms with Crippen LogP contribution in [-0.4, -0.2) is 115 Å². The van der Waals surface area contributed by atoms with Crippen LogP contribution in [0.25, 0.3) is 0 Å². The second kappa shape index (κ2) is 9.66. The molecule has 8 fully saturated rings. The van der Waals surface area contributed by atoms with E-state index in [9.17, 15) is 35.7 Å². The van der Waals surface area contributed by atoms with Gasteiger partial charge in [-0.2, -0.15) is 0 Å². The van der Waals surface area contributed by atoms with Crippen molar-refractivity contribution < 1.29 is 54.7 Å². The molecule has 7 N–H and O–H groups in total. The van der Waals surface area contributed by atoms with Crippen LogP contribution in [0.5, 0.6) is 0 Å². The van der Waals surface area contributed by atoms with E-state index in [1.54, 1.807) is 6.92 Å². The molecule has 8 rings (SSSR count). The van der Waals surface area contributed by atoms with Crippen molar-refractivity contribution in [2.75, 3.05) is 13.2 Å². The molecular formula is C35H56O11. The zero-order chi connectivity index (χ0) is 33.2. The summed E-state index contributed by atoms with van der Waals surface area (Å²) < 4.78 is 24.8. The molecule has 11 nitrogen and oxygen atoms in total. The number of aliphatic hydroxyl groups excluding tert-OH is 6. The standard InChI is InChI=1S/C35H56O11/c1-16-10-35(28(41)31(5,42)15-44-35)46-19-11-30(4)26-17(36)9-20-29(2,3)22(45-27-25(40)24(39)18(37)13-43-27)7-8-33(20)14-34(26,33)12-21(38)32(30,6)23(16)19/h16-28,36-42H,7-15H2,1-6H3. The van der Waals surface area contributed by atoms with E-state index in [1.165, 1.54) is 0 Å². The maximum Gasteiger partial charge on any atom is 0.198 e. The van der Waals surface area contributed by atoms with Crippen LogP contribution in [0.15, 0.2) is 0 Å². The van der Waals surface area contributed by atoms with Gasteiger partial charge in [0.1, 0.15) is 30.0 Å². The largest absolute Gasteiger partial charge is 0.393 e. The second-order valence-electron chi connectivity index (χ2n) is 18.4. The van der Waals surface area contributed by atoms with E-state index in [4.69, 9.17) is 18.9 Å². The highest BCUT2D eigenvalue weighted by atomic mass is 16.7. The average Bonchev–Trinajstić information content (AvgIpc) is 3.46. The highest BCUT2D eigenvalue weighted by Crippen LogP contribution is 2.89. The van der Waals surface area contributed by atoms with Crippen molar-refractivity contribution in [1.29, 1.82) is 0 Å². The predicted octanol–water partition coefficient (Wildman–Crippen LogP) is 1.06. The SMILES string of the molecule is CC1CC2(OCC(C)(O)C2O)OC2CC3(C)C4C(O)CC5C(C)(C)C(OC6OCC(O)C(O)C6O)CCC56CC46CC(O)C3(C)C12. The zero-order valence-corrected chi connectivity index (χ0v) is 28.1. The summed E-state index contributed by atoms with van der Waals surface area (Å²) in [5.41, 5.74) is -3.03. The highest BCUT2D eigenvalue weighted by Gasteiger charge is 2.86. The Kier molecular flexibility index (Phi) is 6.88. The topological polar surface area (TPSA) is 179 Å². The summed E-state index contributed by atoms with van der Waals surface area (Å²) in [6, 6.07) is 0. The van der Waals surface area contributed by atoms with Gasteiger partial charge in [-0.25, -0.2) is 0 Å². The van der Waals surface area contributed by atoms with Crippen molar-refractivity contribution >= 4 is 0 Å². The molecule has 5 aliphatic carbocycles. The van der Waals surface area contributed by atoms with Gasteiger partial charge in [0.05, 0.1) is 37.6 Å². The minimum Gasteiger partial charge on any atom is -0.393 e. The molecule has 19 unspecified atom stereocenters. The minimum atomic E-state index is -1.40. The number of hydrogen-bond donors (Lipinski definition) is 7. The number of hydrogen-bond acceptors (Lipinski definition) is 11. The van der Waals surface area contributed by atoms with E-state index in [0.29, 0.717) is 25.7 Å². The summed E-state index contributed by atoms with van der Waals surface area (Å²) >= 11 is 0. The Hall–Kier alpha value is -0.440. The van der Waals surface area contributed by atoms with E-state index in [1.807, 2.05) is 0 Å². The minimum absolute atomic E-state index is 0.00134. The molecule has 262 valence electrons. The van der Waals surface area contributed by atoms with Crippen molar-refractivity contribution in [2.24, 2.45) is 50.7 Å². The summed E-state index contributed by atoms with van der Waals surface area (Å²) in [6.45, 7) is 12.4. The summed E-state index contributed by atoms with van der Waals surface area (Å²) in [6.07, 6.45) is -2.99. The van der Waals surface area contributed by atoms with Crippen LogP contribution in [0.2, 0.25) is 0 Å². The van der Waals surface area contributed by atoms with Gasteiger partial charge in [0, 0.05) is 11.8 Å². The lowest BCUT2D eigenvalue weighted by Gasteiger charge is -2.66. The third-order valence-corrected chi connectivity index (χ3v) is 16.0. The first-order chi connectivity index (χ1) is 21.3. The van der Waals surface area contributed by atoms with Crippen molar-refractivity contribution in [3.05, 3.63) is 0 Å². The Labute approximate surface area is 271 Å². The zero-order valence-electron chi connectivity index (χ0n) is 28.1. The molecule has 0 aromatic carbocycles. The molecular weight excluding hydrogens is 596 g/mol. The van der Waals surface area contributed by atoms with Crippen molar-refractivity contribution in [3.8, 4) is 0 Å². The van der Waals surface area contributed by atoms with Gasteiger partial charge in [-0.05, 0) is 90.8 Å². The fourth-order valence-corrected chi connectivity index (χ4v) is 13.9. The third kappa shape index (κ3) is 3.72. The van der Waals surface area contributed by atoms with E-state index < -0.39 is 65.1 Å². The van der Waals surface area contributed by atoms with Crippen LogP contribution in [0, 0.1) is 50.7 Å². The second-order valence-corrected chi connectivity index (χ2v) is 18.4. The molecule has 0 radical (unpaired) electrons. The number of rotatable bonds is 2. The Bertz CT molecular complexity index is 1260. The van der Waals surface area contributed by atoms with Crippen LogP contribution < -0.4 is 0 Å². The van der Waals surface area contributed by atoms with Crippen LogP contribution >= 0.6 is 0 Å². The van der Waals surface area contributed by atoms with E-state index in [-0.39, 0.29) is 65.3 Å². The molecule has 5 saturated carbocycles. The molecule has 3 heterocycles. The number of aliphatic hydroxyl groups is 7. The van der Waals surface area contributed by atoms with Crippen molar-refractivity contribution in [2.45, 2.75) is 153 Å². The molecule has 0 aromatic heterocycles. The Balaban J connectivity index is 1.09. The van der Waals surface area contributed by atoms with Gasteiger partial charge in [-0.3, -0.25) is 0 Å². The first-order valence-corrected chi connectivity index (χ1v) is 17.7. The molecule has 19 atom stereocenters. The van der Waals surface area contributed by atoms with Gasteiger partial charge < -0.3 is 54.7 Å². The van der Waals surface area contributed by atoms with Crippen LogP contribution in [0.1, 0.15) is 86.5 Å². The first-order valence-electron chi connectivity index (χ1n) is 17.7. The molecule has 8 aliphatic rings. The third-order valence-electron chi connectivity index (χ3n) is 16.0. The van der Waals surface area contributed by atoms with E-state index in [0.717, 1.165) is 19.3 Å². The summed E-state index contributed by atoms with van der Waals surface area (Å²) in [5, 5.41) is 77.5. The number of fused-ring (bicyclic) bond motifs is 4. The molecule has 3 spiro atoms. The predicted molar refractivity (Wildman–Crippen MR) is 162 cm³/mol. The van der Waals surface area contributed by atoms with Gasteiger partial charge in [-0.15, -0.1) is 0 Å². The average molecular weight is 653 g/mol. The summed E-state index contributed by atoms with van der Waals surface area (Å²) in [5.74, 6) is -1.13. The molecule has 0 bridgehead atoms. The molecule has 11 heteroatoms. The lowest BCUT2D eigenvalue weighted by atomic mass is 9.40. The van der Waals surface area contributed by atoms with Gasteiger partial charge >= 0.3 is 0 Å². The Morgan fingerprint density at radius 2 is 1.57 bits per heavy atom. The Morgan fingerprint density at radius 3 is 2.24 bits per heavy atom. The Morgan fingerprint density at radius 1 is 0.848 bits per heavy atom. The fraction of sp³-hybridized carbons (Fsp3) is 1.00. The van der Waals surface area contributed by atoms with Gasteiger partial charge in [0.15, 0.2) is 12.1 Å². The van der Waals surface area contributed by atoms with Crippen molar-refractivity contribution in [3.63, 3.8) is 0 Å². The molecule has 0 aromatic rings. The summed E-state index contributed by atoms with van der Waals surface area (Å²) in [7, 11) is 0. The molecule has 3 saturated heterocycles. The van der Waals surface area contributed by atoms with Crippen LogP contribution in [-0.2, 0) is 18.9 Å². The molecule has 3 aliphatic heterocycles. The van der Waals surface area contributed by atoms with Crippen LogP contribution in [0.4, 0.5) is 0 Å². The maximum atomic E-state index is 12.4. The van der Waals surface area contributed by atoms with Gasteiger partial charge in [0.2, 0.25) is 0 Å². The van der Waals surface area contributed by atoms with Gasteiger partial charge in [0.25, 0.3) is 0 Å². The summed E-state index contributed by atoms with van der Waals surface area (Å²) in [4.78, 5) is 0.